The number of nitrogens with one attached hydrogen (secondary N) is 1. The van der Waals surface area contributed by atoms with Crippen molar-refractivity contribution in [2.75, 3.05) is 13.6 Å². The van der Waals surface area contributed by atoms with Crippen molar-refractivity contribution in [2.45, 2.75) is 19.3 Å². The number of aryl methyl sites for hydroxylation is 2. The summed E-state index contributed by atoms with van der Waals surface area (Å²) < 4.78 is 0. The number of rotatable bonds is 5. The van der Waals surface area contributed by atoms with E-state index >= 15 is 0 Å². The van der Waals surface area contributed by atoms with Gasteiger partial charge < -0.3 is 5.32 Å². The highest BCUT2D eigenvalue weighted by Gasteiger charge is 2.18. The fourth-order valence-electron chi connectivity index (χ4n) is 1.99. The number of nitrogens with zero attached hydrogens (tertiary/aromatic N) is 4. The van der Waals surface area contributed by atoms with E-state index in [0.717, 1.165) is 18.8 Å². The molecule has 2 rings (SSSR count). The Morgan fingerprint density at radius 3 is 2.50 bits per heavy atom. The Labute approximate surface area is 107 Å². The van der Waals surface area contributed by atoms with Crippen molar-refractivity contribution in [3.05, 3.63) is 41.2 Å². The van der Waals surface area contributed by atoms with Crippen molar-refractivity contribution in [1.82, 2.24) is 25.5 Å². The molecule has 96 valence electrons. The molecular formula is C13H19N5. The maximum Gasteiger partial charge on any atom is 0.183 e. The molecule has 0 saturated heterocycles. The maximum absolute atomic E-state index is 4.30. The summed E-state index contributed by atoms with van der Waals surface area (Å²) in [6.45, 7) is 2.96. The number of hydrogen-bond donors (Lipinski definition) is 1. The molecule has 1 heterocycles. The van der Waals surface area contributed by atoms with Gasteiger partial charge in [-0.3, -0.25) is 0 Å². The van der Waals surface area contributed by atoms with Gasteiger partial charge in [0.25, 0.3) is 0 Å². The van der Waals surface area contributed by atoms with Gasteiger partial charge >= 0.3 is 0 Å². The highest BCUT2D eigenvalue weighted by molar-refractivity contribution is 5.29. The molecular weight excluding hydrogens is 226 g/mol. The summed E-state index contributed by atoms with van der Waals surface area (Å²) >= 11 is 0. The van der Waals surface area contributed by atoms with Crippen molar-refractivity contribution >= 4 is 0 Å². The number of aromatic nitrogens is 4. The van der Waals surface area contributed by atoms with Gasteiger partial charge in [0.15, 0.2) is 5.82 Å². The summed E-state index contributed by atoms with van der Waals surface area (Å²) in [5.74, 6) is 0.908. The zero-order valence-electron chi connectivity index (χ0n) is 11.1. The van der Waals surface area contributed by atoms with Gasteiger partial charge in [0.05, 0.1) is 13.0 Å². The van der Waals surface area contributed by atoms with Crippen molar-refractivity contribution in [3.63, 3.8) is 0 Å². The average molecular weight is 245 g/mol. The minimum atomic E-state index is 0.148. The molecule has 1 aromatic carbocycles. The Morgan fingerprint density at radius 1 is 1.28 bits per heavy atom. The van der Waals surface area contributed by atoms with Crippen LogP contribution in [0.4, 0.5) is 0 Å². The number of likely N-dealkylation sites (N-methyl/N-ethyl adjacent to an activating group) is 1. The number of benzene rings is 1. The van der Waals surface area contributed by atoms with Crippen LogP contribution in [0.3, 0.4) is 0 Å². The summed E-state index contributed by atoms with van der Waals surface area (Å²) in [6.07, 6.45) is 1.06. The first-order chi connectivity index (χ1) is 8.74. The van der Waals surface area contributed by atoms with Crippen LogP contribution in [0.5, 0.6) is 0 Å². The molecule has 2 aromatic rings. The van der Waals surface area contributed by atoms with Crippen LogP contribution in [-0.4, -0.2) is 33.8 Å². The Hall–Kier alpha value is -1.75. The minimum absolute atomic E-state index is 0.148. The second-order valence-electron chi connectivity index (χ2n) is 4.34. The van der Waals surface area contributed by atoms with Crippen LogP contribution in [-0.2, 0) is 13.5 Å². The van der Waals surface area contributed by atoms with Gasteiger partial charge in [-0.15, -0.1) is 10.2 Å². The van der Waals surface area contributed by atoms with Crippen LogP contribution >= 0.6 is 0 Å². The van der Waals surface area contributed by atoms with Gasteiger partial charge in [-0.05, 0) is 29.8 Å². The molecule has 0 fully saturated rings. The standard InChI is InChI=1S/C13H19N5/c1-4-10-5-7-11(8-6-10)12(9-14-2)13-15-17-18(3)16-13/h5-8,12,14H,4,9H2,1-3H3. The van der Waals surface area contributed by atoms with Crippen LogP contribution in [0.2, 0.25) is 0 Å². The van der Waals surface area contributed by atoms with Crippen LogP contribution in [0, 0.1) is 0 Å². The Bertz CT molecular complexity index is 488. The molecule has 0 aliphatic heterocycles. The van der Waals surface area contributed by atoms with E-state index < -0.39 is 0 Å². The van der Waals surface area contributed by atoms with Gasteiger partial charge in [0.1, 0.15) is 0 Å². The molecule has 0 amide bonds. The highest BCUT2D eigenvalue weighted by Crippen LogP contribution is 2.21. The normalized spacial score (nSPS) is 12.6. The summed E-state index contributed by atoms with van der Waals surface area (Å²) in [7, 11) is 3.72. The largest absolute Gasteiger partial charge is 0.319 e. The van der Waals surface area contributed by atoms with Gasteiger partial charge in [0.2, 0.25) is 0 Å². The molecule has 1 unspecified atom stereocenters. The molecule has 0 bridgehead atoms. The van der Waals surface area contributed by atoms with Crippen LogP contribution < -0.4 is 5.32 Å². The predicted molar refractivity (Wildman–Crippen MR) is 70.4 cm³/mol. The molecule has 0 radical (unpaired) electrons. The van der Waals surface area contributed by atoms with E-state index in [4.69, 9.17) is 0 Å². The van der Waals surface area contributed by atoms with E-state index in [9.17, 15) is 0 Å². The first-order valence-electron chi connectivity index (χ1n) is 6.22. The molecule has 0 aliphatic carbocycles. The van der Waals surface area contributed by atoms with Crippen molar-refractivity contribution < 1.29 is 0 Å². The van der Waals surface area contributed by atoms with E-state index in [1.807, 2.05) is 7.05 Å². The van der Waals surface area contributed by atoms with Crippen LogP contribution in [0.25, 0.3) is 0 Å². The summed E-state index contributed by atoms with van der Waals surface area (Å²) in [5.41, 5.74) is 2.56. The van der Waals surface area contributed by atoms with Gasteiger partial charge in [0, 0.05) is 6.54 Å². The van der Waals surface area contributed by atoms with E-state index in [-0.39, 0.29) is 5.92 Å². The zero-order valence-corrected chi connectivity index (χ0v) is 11.1. The molecule has 0 saturated carbocycles. The lowest BCUT2D eigenvalue weighted by Gasteiger charge is -2.13. The molecule has 1 atom stereocenters. The topological polar surface area (TPSA) is 55.6 Å². The maximum atomic E-state index is 4.30. The molecule has 0 aliphatic rings. The smallest absolute Gasteiger partial charge is 0.183 e. The van der Waals surface area contributed by atoms with Gasteiger partial charge in [-0.25, -0.2) is 0 Å². The molecule has 18 heavy (non-hydrogen) atoms. The Balaban J connectivity index is 2.28. The first-order valence-corrected chi connectivity index (χ1v) is 6.22. The van der Waals surface area contributed by atoms with E-state index in [1.165, 1.54) is 15.9 Å². The van der Waals surface area contributed by atoms with E-state index in [0.29, 0.717) is 0 Å². The SMILES string of the molecule is CCc1ccc(C(CNC)c2nnn(C)n2)cc1. The average Bonchev–Trinajstić information content (AvgIpc) is 2.82. The van der Waals surface area contributed by atoms with E-state index in [1.54, 1.807) is 7.05 Å². The van der Waals surface area contributed by atoms with E-state index in [2.05, 4.69) is 51.9 Å². The molecule has 1 N–H and O–H groups in total. The fourth-order valence-corrected chi connectivity index (χ4v) is 1.99. The summed E-state index contributed by atoms with van der Waals surface area (Å²) in [6, 6.07) is 8.62. The third-order valence-electron chi connectivity index (χ3n) is 3.03. The lowest BCUT2D eigenvalue weighted by molar-refractivity contribution is 0.619. The first kappa shape index (κ1) is 12.7. The second-order valence-corrected chi connectivity index (χ2v) is 4.34. The Kier molecular flexibility index (Phi) is 4.04. The second kappa shape index (κ2) is 5.73. The zero-order chi connectivity index (χ0) is 13.0. The predicted octanol–water partition coefficient (Wildman–Crippen LogP) is 1.12. The van der Waals surface area contributed by atoms with Crippen molar-refractivity contribution in [2.24, 2.45) is 7.05 Å². The quantitative estimate of drug-likeness (QED) is 0.857. The third-order valence-corrected chi connectivity index (χ3v) is 3.03. The third kappa shape index (κ3) is 2.73. The lowest BCUT2D eigenvalue weighted by atomic mass is 9.97. The molecule has 5 nitrogen and oxygen atoms in total. The van der Waals surface area contributed by atoms with Crippen LogP contribution in [0.15, 0.2) is 24.3 Å². The van der Waals surface area contributed by atoms with Gasteiger partial charge in [-0.1, -0.05) is 31.2 Å². The molecule has 5 heteroatoms. The summed E-state index contributed by atoms with van der Waals surface area (Å²) in [4.78, 5) is 1.50. The van der Waals surface area contributed by atoms with Gasteiger partial charge in [-0.2, -0.15) is 4.80 Å². The summed E-state index contributed by atoms with van der Waals surface area (Å²) in [5, 5.41) is 15.5. The fraction of sp³-hybridized carbons (Fsp3) is 0.462. The highest BCUT2D eigenvalue weighted by atomic mass is 15.6. The number of tetrazole rings is 1. The molecule has 0 spiro atoms. The monoisotopic (exact) mass is 245 g/mol. The molecule has 1 aromatic heterocycles. The lowest BCUT2D eigenvalue weighted by Crippen LogP contribution is -2.19. The van der Waals surface area contributed by atoms with Crippen molar-refractivity contribution in [3.8, 4) is 0 Å². The van der Waals surface area contributed by atoms with Crippen molar-refractivity contribution in [1.29, 1.82) is 0 Å². The minimum Gasteiger partial charge on any atom is -0.319 e. The number of hydrogen-bond acceptors (Lipinski definition) is 4. The Morgan fingerprint density at radius 2 is 2.00 bits per heavy atom. The van der Waals surface area contributed by atoms with Crippen LogP contribution in [0.1, 0.15) is 29.8 Å².